The van der Waals surface area contributed by atoms with Crippen LogP contribution in [0.3, 0.4) is 0 Å². The molecule has 0 spiro atoms. The van der Waals surface area contributed by atoms with Crippen LogP contribution in [0.25, 0.3) is 0 Å². The van der Waals surface area contributed by atoms with Gasteiger partial charge in [0.2, 0.25) is 0 Å². The zero-order chi connectivity index (χ0) is 13.5. The maximum absolute atomic E-state index is 10.5. The Bertz CT molecular complexity index is 466. The molecule has 0 saturated carbocycles. The molecular formula is C13H16N2O3. The van der Waals surface area contributed by atoms with Crippen LogP contribution < -0.4 is 10.1 Å². The van der Waals surface area contributed by atoms with E-state index in [0.717, 1.165) is 0 Å². The van der Waals surface area contributed by atoms with Gasteiger partial charge in [0.25, 0.3) is 0 Å². The summed E-state index contributed by atoms with van der Waals surface area (Å²) in [6.45, 7) is 1.88. The summed E-state index contributed by atoms with van der Waals surface area (Å²) < 4.78 is 5.09. The van der Waals surface area contributed by atoms with E-state index in [0.29, 0.717) is 23.4 Å². The molecule has 0 amide bonds. The van der Waals surface area contributed by atoms with Crippen LogP contribution in [0.4, 0.5) is 5.69 Å². The molecular weight excluding hydrogens is 232 g/mol. The molecule has 0 heterocycles. The van der Waals surface area contributed by atoms with Crippen LogP contribution in [-0.2, 0) is 4.79 Å². The molecule has 5 nitrogen and oxygen atoms in total. The summed E-state index contributed by atoms with van der Waals surface area (Å²) in [5.74, 6) is -0.170. The molecule has 96 valence electrons. The van der Waals surface area contributed by atoms with Crippen LogP contribution in [0.2, 0.25) is 0 Å². The van der Waals surface area contributed by atoms with Gasteiger partial charge in [0, 0.05) is 18.5 Å². The third-order valence-corrected chi connectivity index (χ3v) is 2.54. The number of aliphatic carboxylic acids is 1. The molecule has 2 N–H and O–H groups in total. The Morgan fingerprint density at radius 2 is 2.33 bits per heavy atom. The quantitative estimate of drug-likeness (QED) is 0.806. The van der Waals surface area contributed by atoms with Gasteiger partial charge < -0.3 is 15.2 Å². The molecule has 1 aromatic carbocycles. The maximum atomic E-state index is 10.5. The molecule has 18 heavy (non-hydrogen) atoms. The van der Waals surface area contributed by atoms with Crippen LogP contribution in [0, 0.1) is 11.3 Å². The second-order valence-electron chi connectivity index (χ2n) is 4.00. The Hall–Kier alpha value is -2.22. The van der Waals surface area contributed by atoms with Crippen molar-refractivity contribution in [2.24, 2.45) is 0 Å². The Morgan fingerprint density at radius 3 is 2.89 bits per heavy atom. The van der Waals surface area contributed by atoms with Crippen molar-refractivity contribution in [3.05, 3.63) is 23.8 Å². The highest BCUT2D eigenvalue weighted by Gasteiger charge is 2.09. The average Bonchev–Trinajstić information content (AvgIpc) is 2.36. The molecule has 0 aromatic heterocycles. The predicted octanol–water partition coefficient (Wildman–Crippen LogP) is 2.23. The fraction of sp³-hybridized carbons (Fsp3) is 0.385. The summed E-state index contributed by atoms with van der Waals surface area (Å²) in [6.07, 6.45) is 0.595. The predicted molar refractivity (Wildman–Crippen MR) is 67.7 cm³/mol. The molecule has 1 rings (SSSR count). The zero-order valence-corrected chi connectivity index (χ0v) is 10.4. The monoisotopic (exact) mass is 248 g/mol. The minimum Gasteiger partial charge on any atom is -0.497 e. The second kappa shape index (κ2) is 6.50. The Kier molecular flexibility index (Phi) is 5.00. The third-order valence-electron chi connectivity index (χ3n) is 2.54. The minimum absolute atomic E-state index is 0.0275. The van der Waals surface area contributed by atoms with Crippen molar-refractivity contribution >= 4 is 11.7 Å². The van der Waals surface area contributed by atoms with Crippen LogP contribution >= 0.6 is 0 Å². The molecule has 1 atom stereocenters. The Labute approximate surface area is 106 Å². The second-order valence-corrected chi connectivity index (χ2v) is 4.00. The lowest BCUT2D eigenvalue weighted by molar-refractivity contribution is -0.137. The number of methoxy groups -OCH3 is 1. The van der Waals surface area contributed by atoms with E-state index in [1.807, 2.05) is 6.92 Å². The number of benzene rings is 1. The maximum Gasteiger partial charge on any atom is 0.303 e. The summed E-state index contributed by atoms with van der Waals surface area (Å²) in [5.41, 5.74) is 1.17. The van der Waals surface area contributed by atoms with Gasteiger partial charge in [-0.1, -0.05) is 0 Å². The Morgan fingerprint density at radius 1 is 1.61 bits per heavy atom. The molecule has 5 heteroatoms. The standard InChI is InChI=1S/C13H16N2O3/c1-9(3-6-13(16)17)15-12-7-11(18-2)5-4-10(12)8-14/h4-5,7,9,15H,3,6H2,1-2H3,(H,16,17). The van der Waals surface area contributed by atoms with Crippen LogP contribution in [0.5, 0.6) is 5.75 Å². The number of nitrogens with zero attached hydrogens (tertiary/aromatic N) is 1. The van der Waals surface area contributed by atoms with Gasteiger partial charge in [0.05, 0.1) is 18.4 Å². The number of hydrogen-bond donors (Lipinski definition) is 2. The van der Waals surface area contributed by atoms with E-state index in [2.05, 4.69) is 11.4 Å². The normalized spacial score (nSPS) is 11.4. The molecule has 0 fully saturated rings. The zero-order valence-electron chi connectivity index (χ0n) is 10.4. The van der Waals surface area contributed by atoms with Gasteiger partial charge in [-0.15, -0.1) is 0 Å². The number of nitriles is 1. The lowest BCUT2D eigenvalue weighted by Gasteiger charge is -2.16. The number of carboxylic acids is 1. The van der Waals surface area contributed by atoms with Crippen LogP contribution in [0.15, 0.2) is 18.2 Å². The number of nitrogens with one attached hydrogen (secondary N) is 1. The molecule has 1 unspecified atom stereocenters. The van der Waals surface area contributed by atoms with E-state index in [1.165, 1.54) is 0 Å². The van der Waals surface area contributed by atoms with Gasteiger partial charge in [-0.25, -0.2) is 0 Å². The number of carbonyl (C=O) groups is 1. The van der Waals surface area contributed by atoms with E-state index in [-0.39, 0.29) is 12.5 Å². The smallest absolute Gasteiger partial charge is 0.303 e. The van der Waals surface area contributed by atoms with Gasteiger partial charge in [-0.2, -0.15) is 5.26 Å². The van der Waals surface area contributed by atoms with Crippen molar-refractivity contribution < 1.29 is 14.6 Å². The van der Waals surface area contributed by atoms with Crippen LogP contribution in [-0.4, -0.2) is 24.2 Å². The first kappa shape index (κ1) is 13.8. The summed E-state index contributed by atoms with van der Waals surface area (Å²) in [4.78, 5) is 10.5. The van der Waals surface area contributed by atoms with Crippen LogP contribution in [0.1, 0.15) is 25.3 Å². The van der Waals surface area contributed by atoms with E-state index < -0.39 is 5.97 Å². The molecule has 0 aliphatic carbocycles. The first-order chi connectivity index (χ1) is 8.56. The van der Waals surface area contributed by atoms with E-state index >= 15 is 0 Å². The highest BCUT2D eigenvalue weighted by atomic mass is 16.5. The van der Waals surface area contributed by atoms with Gasteiger partial charge >= 0.3 is 5.97 Å². The molecule has 0 saturated heterocycles. The van der Waals surface area contributed by atoms with Crippen molar-refractivity contribution in [2.45, 2.75) is 25.8 Å². The van der Waals surface area contributed by atoms with E-state index in [9.17, 15) is 4.79 Å². The average molecular weight is 248 g/mol. The highest BCUT2D eigenvalue weighted by molar-refractivity contribution is 5.67. The third kappa shape index (κ3) is 3.98. The number of anilines is 1. The topological polar surface area (TPSA) is 82.3 Å². The highest BCUT2D eigenvalue weighted by Crippen LogP contribution is 2.23. The van der Waals surface area contributed by atoms with Gasteiger partial charge in [0.1, 0.15) is 11.8 Å². The number of rotatable bonds is 6. The number of ether oxygens (including phenoxy) is 1. The number of carboxylic acid groups (broad SMARTS) is 1. The lowest BCUT2D eigenvalue weighted by atomic mass is 10.1. The first-order valence-corrected chi connectivity index (χ1v) is 5.63. The molecule has 1 aromatic rings. The van der Waals surface area contributed by atoms with Crippen molar-refractivity contribution in [1.29, 1.82) is 5.26 Å². The fourth-order valence-electron chi connectivity index (χ4n) is 1.54. The molecule has 0 aliphatic rings. The summed E-state index contributed by atoms with van der Waals surface area (Å²) in [7, 11) is 1.55. The van der Waals surface area contributed by atoms with E-state index in [1.54, 1.807) is 25.3 Å². The summed E-state index contributed by atoms with van der Waals surface area (Å²) in [6, 6.07) is 7.17. The largest absolute Gasteiger partial charge is 0.497 e. The first-order valence-electron chi connectivity index (χ1n) is 5.63. The van der Waals surface area contributed by atoms with E-state index in [4.69, 9.17) is 15.1 Å². The van der Waals surface area contributed by atoms with Crippen molar-refractivity contribution in [3.63, 3.8) is 0 Å². The fourth-order valence-corrected chi connectivity index (χ4v) is 1.54. The van der Waals surface area contributed by atoms with Gasteiger partial charge in [0.15, 0.2) is 0 Å². The van der Waals surface area contributed by atoms with Gasteiger partial charge in [-0.05, 0) is 25.5 Å². The summed E-state index contributed by atoms with van der Waals surface area (Å²) in [5, 5.41) is 20.7. The van der Waals surface area contributed by atoms with Crippen molar-refractivity contribution in [2.75, 3.05) is 12.4 Å². The lowest BCUT2D eigenvalue weighted by Crippen LogP contribution is -2.17. The SMILES string of the molecule is COc1ccc(C#N)c(NC(C)CCC(=O)O)c1. The Balaban J connectivity index is 2.76. The molecule has 0 aliphatic heterocycles. The molecule has 0 bridgehead atoms. The molecule has 0 radical (unpaired) electrons. The van der Waals surface area contributed by atoms with Crippen molar-refractivity contribution in [1.82, 2.24) is 0 Å². The minimum atomic E-state index is -0.824. The van der Waals surface area contributed by atoms with Gasteiger partial charge in [-0.3, -0.25) is 4.79 Å². The van der Waals surface area contributed by atoms with Crippen molar-refractivity contribution in [3.8, 4) is 11.8 Å². The number of hydrogen-bond acceptors (Lipinski definition) is 4. The summed E-state index contributed by atoms with van der Waals surface area (Å²) >= 11 is 0.